The number of aryl methyl sites for hydroxylation is 1. The van der Waals surface area contributed by atoms with E-state index in [0.717, 1.165) is 12.8 Å². The highest BCUT2D eigenvalue weighted by molar-refractivity contribution is 9.10. The number of hydrogen-bond acceptors (Lipinski definition) is 4. The Labute approximate surface area is 119 Å². The number of aromatic nitrogens is 2. The lowest BCUT2D eigenvalue weighted by atomic mass is 10.3. The van der Waals surface area contributed by atoms with Gasteiger partial charge in [-0.3, -0.25) is 0 Å². The number of nitrogens with zero attached hydrogens (tertiary/aromatic N) is 2. The molecule has 100 valence electrons. The highest BCUT2D eigenvalue weighted by Crippen LogP contribution is 2.23. The summed E-state index contributed by atoms with van der Waals surface area (Å²) in [4.78, 5) is 8.43. The average molecular weight is 325 g/mol. The average Bonchev–Trinajstić information content (AvgIpc) is 2.32. The lowest BCUT2D eigenvalue weighted by Crippen LogP contribution is -2.04. The summed E-state index contributed by atoms with van der Waals surface area (Å²) < 4.78 is 14.4. The van der Waals surface area contributed by atoms with Gasteiger partial charge in [-0.05, 0) is 24.6 Å². The Kier molecular flexibility index (Phi) is 4.31. The molecule has 0 aliphatic carbocycles. The molecule has 0 atom stereocenters. The monoisotopic (exact) mass is 324 g/mol. The molecular formula is C13H14BrFN4. The van der Waals surface area contributed by atoms with Gasteiger partial charge >= 0.3 is 0 Å². The summed E-state index contributed by atoms with van der Waals surface area (Å²) in [5.74, 6) is 1.17. The van der Waals surface area contributed by atoms with Crippen LogP contribution in [-0.4, -0.2) is 9.97 Å². The van der Waals surface area contributed by atoms with Gasteiger partial charge in [0.2, 0.25) is 0 Å². The number of anilines is 3. The molecule has 2 rings (SSSR count). The van der Waals surface area contributed by atoms with Crippen LogP contribution in [0.15, 0.2) is 28.7 Å². The van der Waals surface area contributed by atoms with Gasteiger partial charge in [0.05, 0.1) is 5.69 Å². The van der Waals surface area contributed by atoms with Crippen LogP contribution in [0, 0.1) is 5.82 Å². The molecule has 19 heavy (non-hydrogen) atoms. The molecule has 1 heterocycles. The molecule has 1 aromatic heterocycles. The predicted octanol–water partition coefficient (Wildman–Crippen LogP) is 3.66. The Balaban J connectivity index is 2.27. The molecule has 0 unspecified atom stereocenters. The number of hydrogen-bond donors (Lipinski definition) is 2. The van der Waals surface area contributed by atoms with Crippen molar-refractivity contribution in [1.82, 2.24) is 9.97 Å². The van der Waals surface area contributed by atoms with Crippen molar-refractivity contribution in [3.05, 3.63) is 40.4 Å². The molecule has 0 amide bonds. The third-order valence-corrected chi connectivity index (χ3v) is 2.95. The molecule has 0 aliphatic heterocycles. The molecule has 0 fully saturated rings. The second kappa shape index (κ2) is 5.97. The van der Waals surface area contributed by atoms with Gasteiger partial charge in [-0.15, -0.1) is 0 Å². The molecule has 6 heteroatoms. The topological polar surface area (TPSA) is 63.8 Å². The SMILES string of the molecule is CCCc1nc(N)cc(Nc2ccc(Br)cc2F)n1. The van der Waals surface area contributed by atoms with Crippen LogP contribution >= 0.6 is 15.9 Å². The van der Waals surface area contributed by atoms with Crippen LogP contribution < -0.4 is 11.1 Å². The highest BCUT2D eigenvalue weighted by atomic mass is 79.9. The number of rotatable bonds is 4. The van der Waals surface area contributed by atoms with Crippen LogP contribution in [-0.2, 0) is 6.42 Å². The van der Waals surface area contributed by atoms with Gasteiger partial charge in [0.25, 0.3) is 0 Å². The molecule has 2 aromatic rings. The maximum absolute atomic E-state index is 13.7. The highest BCUT2D eigenvalue weighted by Gasteiger charge is 2.06. The zero-order chi connectivity index (χ0) is 13.8. The van der Waals surface area contributed by atoms with E-state index in [1.165, 1.54) is 6.07 Å². The number of nitrogens with one attached hydrogen (secondary N) is 1. The molecule has 1 aromatic carbocycles. The Morgan fingerprint density at radius 3 is 2.79 bits per heavy atom. The minimum absolute atomic E-state index is 0.351. The van der Waals surface area contributed by atoms with Crippen molar-refractivity contribution >= 4 is 33.3 Å². The quantitative estimate of drug-likeness (QED) is 0.900. The summed E-state index contributed by atoms with van der Waals surface area (Å²) >= 11 is 3.21. The van der Waals surface area contributed by atoms with Crippen molar-refractivity contribution in [3.8, 4) is 0 Å². The molecule has 0 bridgehead atoms. The van der Waals surface area contributed by atoms with Crippen LogP contribution in [0.1, 0.15) is 19.2 Å². The molecule has 0 aliphatic rings. The largest absolute Gasteiger partial charge is 0.384 e. The first-order valence-corrected chi connectivity index (χ1v) is 6.73. The van der Waals surface area contributed by atoms with Crippen LogP contribution in [0.4, 0.5) is 21.7 Å². The zero-order valence-electron chi connectivity index (χ0n) is 10.5. The van der Waals surface area contributed by atoms with Gasteiger partial charge in [0, 0.05) is 17.0 Å². The molecule has 0 saturated heterocycles. The lowest BCUT2D eigenvalue weighted by Gasteiger charge is -2.09. The summed E-state index contributed by atoms with van der Waals surface area (Å²) in [7, 11) is 0. The first kappa shape index (κ1) is 13.7. The fourth-order valence-electron chi connectivity index (χ4n) is 1.65. The van der Waals surface area contributed by atoms with Crippen LogP contribution in [0.25, 0.3) is 0 Å². The number of benzene rings is 1. The van der Waals surface area contributed by atoms with E-state index in [2.05, 4.69) is 31.2 Å². The summed E-state index contributed by atoms with van der Waals surface area (Å²) in [5.41, 5.74) is 6.06. The number of nitrogens with two attached hydrogens (primary N) is 1. The Morgan fingerprint density at radius 1 is 1.32 bits per heavy atom. The second-order valence-corrected chi connectivity index (χ2v) is 5.01. The molecular weight excluding hydrogens is 311 g/mol. The van der Waals surface area contributed by atoms with Gasteiger partial charge in [-0.2, -0.15) is 0 Å². The Hall–Kier alpha value is -1.69. The standard InChI is InChI=1S/C13H14BrFN4/c1-2-3-12-18-11(16)7-13(19-12)17-10-5-4-8(14)6-9(10)15/h4-7H,2-3H2,1H3,(H3,16,17,18,19). The van der Waals surface area contributed by atoms with Crippen molar-refractivity contribution in [2.45, 2.75) is 19.8 Å². The van der Waals surface area contributed by atoms with Crippen molar-refractivity contribution in [2.24, 2.45) is 0 Å². The number of halogens is 2. The number of nitrogen functional groups attached to an aromatic ring is 1. The summed E-state index contributed by atoms with van der Waals surface area (Å²) in [6.45, 7) is 2.04. The minimum atomic E-state index is -0.358. The normalized spacial score (nSPS) is 10.5. The van der Waals surface area contributed by atoms with Crippen LogP contribution in [0.2, 0.25) is 0 Å². The zero-order valence-corrected chi connectivity index (χ0v) is 12.0. The third kappa shape index (κ3) is 3.64. The van der Waals surface area contributed by atoms with Gasteiger partial charge < -0.3 is 11.1 Å². The van der Waals surface area contributed by atoms with E-state index < -0.39 is 0 Å². The van der Waals surface area contributed by atoms with Crippen molar-refractivity contribution < 1.29 is 4.39 Å². The minimum Gasteiger partial charge on any atom is -0.384 e. The van der Waals surface area contributed by atoms with Gasteiger partial charge in [0.15, 0.2) is 0 Å². The van der Waals surface area contributed by atoms with E-state index in [0.29, 0.717) is 27.6 Å². The van der Waals surface area contributed by atoms with E-state index in [4.69, 9.17) is 5.73 Å². The molecule has 0 saturated carbocycles. The Bertz CT molecular complexity index is 589. The van der Waals surface area contributed by atoms with Crippen molar-refractivity contribution in [3.63, 3.8) is 0 Å². The summed E-state index contributed by atoms with van der Waals surface area (Å²) in [6, 6.07) is 6.36. The summed E-state index contributed by atoms with van der Waals surface area (Å²) in [5, 5.41) is 2.91. The van der Waals surface area contributed by atoms with E-state index in [1.807, 2.05) is 6.92 Å². The maximum atomic E-state index is 13.7. The van der Waals surface area contributed by atoms with Crippen molar-refractivity contribution in [1.29, 1.82) is 0 Å². The lowest BCUT2D eigenvalue weighted by molar-refractivity contribution is 0.631. The van der Waals surface area contributed by atoms with E-state index >= 15 is 0 Å². The van der Waals surface area contributed by atoms with Gasteiger partial charge in [-0.1, -0.05) is 22.9 Å². The third-order valence-electron chi connectivity index (χ3n) is 2.46. The smallest absolute Gasteiger partial charge is 0.147 e. The van der Waals surface area contributed by atoms with Crippen LogP contribution in [0.5, 0.6) is 0 Å². The molecule has 4 nitrogen and oxygen atoms in total. The Morgan fingerprint density at radius 2 is 2.11 bits per heavy atom. The first-order chi connectivity index (χ1) is 9.08. The summed E-state index contributed by atoms with van der Waals surface area (Å²) in [6.07, 6.45) is 1.66. The van der Waals surface area contributed by atoms with Crippen molar-refractivity contribution in [2.75, 3.05) is 11.1 Å². The second-order valence-electron chi connectivity index (χ2n) is 4.09. The first-order valence-electron chi connectivity index (χ1n) is 5.94. The van der Waals surface area contributed by atoms with Gasteiger partial charge in [-0.25, -0.2) is 14.4 Å². The molecule has 0 spiro atoms. The molecule has 3 N–H and O–H groups in total. The van der Waals surface area contributed by atoms with Crippen LogP contribution in [0.3, 0.4) is 0 Å². The molecule has 0 radical (unpaired) electrons. The van der Waals surface area contributed by atoms with E-state index in [9.17, 15) is 4.39 Å². The predicted molar refractivity (Wildman–Crippen MR) is 77.8 cm³/mol. The fraction of sp³-hybridized carbons (Fsp3) is 0.231. The maximum Gasteiger partial charge on any atom is 0.147 e. The fourth-order valence-corrected chi connectivity index (χ4v) is 1.98. The van der Waals surface area contributed by atoms with Gasteiger partial charge in [0.1, 0.15) is 23.3 Å². The van der Waals surface area contributed by atoms with E-state index in [-0.39, 0.29) is 5.82 Å². The van der Waals surface area contributed by atoms with E-state index in [1.54, 1.807) is 18.2 Å².